The molecular weight excluding hydrogens is 242 g/mol. The molecule has 5 nitrogen and oxygen atoms in total. The Hall–Kier alpha value is -1.65. The highest BCUT2D eigenvalue weighted by atomic mass is 16.4. The Bertz CT molecular complexity index is 425. The van der Waals surface area contributed by atoms with Gasteiger partial charge in [-0.2, -0.15) is 0 Å². The average molecular weight is 263 g/mol. The van der Waals surface area contributed by atoms with Crippen LogP contribution in [0.5, 0.6) is 0 Å². The van der Waals surface area contributed by atoms with E-state index in [1.807, 2.05) is 6.92 Å². The Morgan fingerprint density at radius 2 is 1.95 bits per heavy atom. The number of carboxylic acids is 1. The number of rotatable bonds is 5. The third kappa shape index (κ3) is 3.91. The topological polar surface area (TPSA) is 75.1 Å². The van der Waals surface area contributed by atoms with Crippen LogP contribution in [0.2, 0.25) is 0 Å². The molecule has 0 unspecified atom stereocenters. The van der Waals surface area contributed by atoms with E-state index in [0.29, 0.717) is 12.5 Å². The molecule has 1 heterocycles. The van der Waals surface area contributed by atoms with Crippen LogP contribution in [0, 0.1) is 12.3 Å². The smallest absolute Gasteiger partial charge is 0.303 e. The quantitative estimate of drug-likeness (QED) is 0.854. The third-order valence-electron chi connectivity index (χ3n) is 3.84. The Balaban J connectivity index is 1.99. The van der Waals surface area contributed by atoms with Gasteiger partial charge in [0.15, 0.2) is 0 Å². The molecule has 0 spiro atoms. The number of aliphatic carboxylic acids is 1. The molecule has 1 aliphatic carbocycles. The van der Waals surface area contributed by atoms with Crippen molar-refractivity contribution in [3.8, 4) is 0 Å². The molecule has 5 heteroatoms. The predicted octanol–water partition coefficient (Wildman–Crippen LogP) is 2.62. The van der Waals surface area contributed by atoms with Crippen LogP contribution >= 0.6 is 0 Å². The van der Waals surface area contributed by atoms with E-state index in [0.717, 1.165) is 31.2 Å². The molecule has 0 aliphatic heterocycles. The van der Waals surface area contributed by atoms with Crippen molar-refractivity contribution < 1.29 is 9.90 Å². The first kappa shape index (κ1) is 13.8. The molecule has 2 rings (SSSR count). The lowest BCUT2D eigenvalue weighted by atomic mass is 9.72. The fraction of sp³-hybridized carbons (Fsp3) is 0.643. The highest BCUT2D eigenvalue weighted by molar-refractivity contribution is 5.67. The van der Waals surface area contributed by atoms with Gasteiger partial charge in [-0.1, -0.05) is 19.3 Å². The van der Waals surface area contributed by atoms with Crippen LogP contribution in [0.4, 0.5) is 5.95 Å². The molecule has 104 valence electrons. The molecule has 1 aliphatic rings. The first-order valence-electron chi connectivity index (χ1n) is 6.84. The van der Waals surface area contributed by atoms with Gasteiger partial charge in [-0.15, -0.1) is 0 Å². The largest absolute Gasteiger partial charge is 0.481 e. The van der Waals surface area contributed by atoms with Crippen molar-refractivity contribution in [1.82, 2.24) is 9.97 Å². The second-order valence-electron chi connectivity index (χ2n) is 5.57. The number of carbonyl (C=O) groups is 1. The maximum absolute atomic E-state index is 11.1. The van der Waals surface area contributed by atoms with Gasteiger partial charge in [0.2, 0.25) is 5.95 Å². The Morgan fingerprint density at radius 1 is 1.32 bits per heavy atom. The first-order chi connectivity index (χ1) is 9.10. The predicted molar refractivity (Wildman–Crippen MR) is 73.0 cm³/mol. The minimum atomic E-state index is -0.714. The number of nitrogens with one attached hydrogen (secondary N) is 1. The third-order valence-corrected chi connectivity index (χ3v) is 3.84. The summed E-state index contributed by atoms with van der Waals surface area (Å²) in [6.07, 6.45) is 9.14. The van der Waals surface area contributed by atoms with Gasteiger partial charge >= 0.3 is 5.97 Å². The van der Waals surface area contributed by atoms with Gasteiger partial charge < -0.3 is 10.4 Å². The number of aromatic nitrogens is 2. The number of hydrogen-bond acceptors (Lipinski definition) is 4. The Kier molecular flexibility index (Phi) is 4.35. The highest BCUT2D eigenvalue weighted by Gasteiger charge is 2.34. The van der Waals surface area contributed by atoms with Crippen LogP contribution in [0.3, 0.4) is 0 Å². The standard InChI is InChI=1S/C14H21N3O2/c1-11-8-15-13(16-9-11)17-10-14(7-12(18)19)5-3-2-4-6-14/h8-9H,2-7,10H2,1H3,(H,18,19)(H,15,16,17). The molecule has 2 N–H and O–H groups in total. The fourth-order valence-corrected chi connectivity index (χ4v) is 2.79. The highest BCUT2D eigenvalue weighted by Crippen LogP contribution is 2.39. The maximum atomic E-state index is 11.1. The van der Waals surface area contributed by atoms with E-state index in [2.05, 4.69) is 15.3 Å². The summed E-state index contributed by atoms with van der Waals surface area (Å²) in [5.74, 6) is -0.130. The van der Waals surface area contributed by atoms with Crippen molar-refractivity contribution in [3.05, 3.63) is 18.0 Å². The molecule has 1 saturated carbocycles. The van der Waals surface area contributed by atoms with Gasteiger partial charge in [0.05, 0.1) is 6.42 Å². The van der Waals surface area contributed by atoms with Crippen LogP contribution in [-0.4, -0.2) is 27.6 Å². The molecule has 19 heavy (non-hydrogen) atoms. The summed E-state index contributed by atoms with van der Waals surface area (Å²) in [5.41, 5.74) is 0.877. The summed E-state index contributed by atoms with van der Waals surface area (Å²) in [6.45, 7) is 2.58. The number of nitrogens with zero attached hydrogens (tertiary/aromatic N) is 2. The molecule has 0 atom stereocenters. The molecule has 0 saturated heterocycles. The lowest BCUT2D eigenvalue weighted by Gasteiger charge is -2.36. The lowest BCUT2D eigenvalue weighted by Crippen LogP contribution is -2.34. The molecule has 1 aromatic rings. The number of anilines is 1. The minimum Gasteiger partial charge on any atom is -0.481 e. The van der Waals surface area contributed by atoms with Crippen molar-refractivity contribution in [2.45, 2.75) is 45.4 Å². The van der Waals surface area contributed by atoms with Crippen LogP contribution < -0.4 is 5.32 Å². The lowest BCUT2D eigenvalue weighted by molar-refractivity contribution is -0.140. The van der Waals surface area contributed by atoms with E-state index in [1.165, 1.54) is 6.42 Å². The summed E-state index contributed by atoms with van der Waals surface area (Å²) in [4.78, 5) is 19.5. The zero-order valence-electron chi connectivity index (χ0n) is 11.4. The minimum absolute atomic E-state index is 0.141. The van der Waals surface area contributed by atoms with Crippen molar-refractivity contribution >= 4 is 11.9 Å². The van der Waals surface area contributed by atoms with E-state index in [1.54, 1.807) is 12.4 Å². The normalized spacial score (nSPS) is 17.9. The summed E-state index contributed by atoms with van der Waals surface area (Å²) in [7, 11) is 0. The number of aryl methyl sites for hydroxylation is 1. The van der Waals surface area contributed by atoms with Crippen molar-refractivity contribution in [2.24, 2.45) is 5.41 Å². The van der Waals surface area contributed by atoms with Crippen molar-refractivity contribution in [3.63, 3.8) is 0 Å². The van der Waals surface area contributed by atoms with Crippen LogP contribution in [-0.2, 0) is 4.79 Å². The molecule has 0 amide bonds. The van der Waals surface area contributed by atoms with Gasteiger partial charge in [0, 0.05) is 18.9 Å². The zero-order chi connectivity index (χ0) is 13.7. The first-order valence-corrected chi connectivity index (χ1v) is 6.84. The Labute approximate surface area is 113 Å². The maximum Gasteiger partial charge on any atom is 0.303 e. The monoisotopic (exact) mass is 263 g/mol. The van der Waals surface area contributed by atoms with Crippen molar-refractivity contribution in [1.29, 1.82) is 0 Å². The second kappa shape index (κ2) is 5.99. The van der Waals surface area contributed by atoms with E-state index in [-0.39, 0.29) is 11.8 Å². The van der Waals surface area contributed by atoms with Crippen molar-refractivity contribution in [2.75, 3.05) is 11.9 Å². The van der Waals surface area contributed by atoms with Crippen LogP contribution in [0.15, 0.2) is 12.4 Å². The Morgan fingerprint density at radius 3 is 2.53 bits per heavy atom. The van der Waals surface area contributed by atoms with E-state index < -0.39 is 5.97 Å². The summed E-state index contributed by atoms with van der Waals surface area (Å²) < 4.78 is 0. The zero-order valence-corrected chi connectivity index (χ0v) is 11.4. The number of hydrogen-bond donors (Lipinski definition) is 2. The van der Waals surface area contributed by atoms with E-state index in [4.69, 9.17) is 5.11 Å². The fourth-order valence-electron chi connectivity index (χ4n) is 2.79. The van der Waals surface area contributed by atoms with E-state index in [9.17, 15) is 4.79 Å². The molecule has 0 aromatic carbocycles. The average Bonchev–Trinajstić information content (AvgIpc) is 2.38. The summed E-state index contributed by atoms with van der Waals surface area (Å²) in [5, 5.41) is 12.3. The summed E-state index contributed by atoms with van der Waals surface area (Å²) >= 11 is 0. The van der Waals surface area contributed by atoms with Crippen LogP contribution in [0.25, 0.3) is 0 Å². The van der Waals surface area contributed by atoms with Gasteiger partial charge in [-0.25, -0.2) is 9.97 Å². The second-order valence-corrected chi connectivity index (χ2v) is 5.57. The molecular formula is C14H21N3O2. The van der Waals surface area contributed by atoms with Gasteiger partial charge in [-0.05, 0) is 30.7 Å². The van der Waals surface area contributed by atoms with Crippen LogP contribution in [0.1, 0.15) is 44.1 Å². The summed E-state index contributed by atoms with van der Waals surface area (Å²) in [6, 6.07) is 0. The molecule has 1 aromatic heterocycles. The molecule has 1 fully saturated rings. The number of carboxylic acid groups (broad SMARTS) is 1. The molecule has 0 bridgehead atoms. The van der Waals surface area contributed by atoms with Gasteiger partial charge in [0.1, 0.15) is 0 Å². The SMILES string of the molecule is Cc1cnc(NCC2(CC(=O)O)CCCCC2)nc1. The van der Waals surface area contributed by atoms with E-state index >= 15 is 0 Å². The van der Waals surface area contributed by atoms with Gasteiger partial charge in [-0.3, -0.25) is 4.79 Å². The molecule has 0 radical (unpaired) electrons. The van der Waals surface area contributed by atoms with Gasteiger partial charge in [0.25, 0.3) is 0 Å².